The van der Waals surface area contributed by atoms with Gasteiger partial charge in [-0.1, -0.05) is 30.3 Å². The summed E-state index contributed by atoms with van der Waals surface area (Å²) in [5.41, 5.74) is -2.76. The molecule has 0 spiro atoms. The molecule has 0 saturated carbocycles. The number of benzene rings is 2. The minimum Gasteiger partial charge on any atom is -0.506 e. The van der Waals surface area contributed by atoms with Gasteiger partial charge in [0, 0.05) is 12.1 Å². The summed E-state index contributed by atoms with van der Waals surface area (Å²) in [7, 11) is 0. The molecule has 3 aromatic rings. The first-order valence-corrected chi connectivity index (χ1v) is 7.89. The molecule has 25 heavy (non-hydrogen) atoms. The fourth-order valence-corrected chi connectivity index (χ4v) is 3.44. The van der Waals surface area contributed by atoms with E-state index in [2.05, 4.69) is 0 Å². The normalized spacial score (nSPS) is 19.4. The highest BCUT2D eigenvalue weighted by molar-refractivity contribution is 6.09. The molecule has 1 unspecified atom stereocenters. The van der Waals surface area contributed by atoms with E-state index in [-0.39, 0.29) is 16.5 Å². The van der Waals surface area contributed by atoms with Gasteiger partial charge in [-0.15, -0.1) is 0 Å². The SMILES string of the molecule is CCN1C(=O)C(O)(c2c(O)c3ccccc3oc2=O)c2ccccc21. The fraction of sp³-hybridized carbons (Fsp3) is 0.158. The minimum absolute atomic E-state index is 0.184. The minimum atomic E-state index is -2.29. The van der Waals surface area contributed by atoms with Gasteiger partial charge in [0.25, 0.3) is 5.91 Å². The highest BCUT2D eigenvalue weighted by atomic mass is 16.4. The average molecular weight is 337 g/mol. The first-order valence-electron chi connectivity index (χ1n) is 7.89. The quantitative estimate of drug-likeness (QED) is 0.699. The van der Waals surface area contributed by atoms with E-state index >= 15 is 0 Å². The Labute approximate surface area is 142 Å². The fourth-order valence-electron chi connectivity index (χ4n) is 3.44. The third kappa shape index (κ3) is 1.88. The predicted molar refractivity (Wildman–Crippen MR) is 91.6 cm³/mol. The summed E-state index contributed by atoms with van der Waals surface area (Å²) >= 11 is 0. The number of nitrogens with zero attached hydrogens (tertiary/aromatic N) is 1. The largest absolute Gasteiger partial charge is 0.506 e. The molecular weight excluding hydrogens is 322 g/mol. The molecule has 1 amide bonds. The van der Waals surface area contributed by atoms with Crippen molar-refractivity contribution in [2.45, 2.75) is 12.5 Å². The molecule has 6 nitrogen and oxygen atoms in total. The molecular formula is C19H15NO5. The zero-order chi connectivity index (χ0) is 17.8. The van der Waals surface area contributed by atoms with Crippen molar-refractivity contribution in [1.82, 2.24) is 0 Å². The molecule has 1 aromatic heterocycles. The van der Waals surface area contributed by atoms with Gasteiger partial charge in [0.15, 0.2) is 0 Å². The molecule has 0 bridgehead atoms. The van der Waals surface area contributed by atoms with Crippen molar-refractivity contribution < 1.29 is 19.4 Å². The molecule has 1 atom stereocenters. The first-order chi connectivity index (χ1) is 12.0. The molecule has 1 aliphatic rings. The molecule has 2 N–H and O–H groups in total. The maximum atomic E-state index is 12.9. The summed E-state index contributed by atoms with van der Waals surface area (Å²) in [5, 5.41) is 22.2. The zero-order valence-electron chi connectivity index (χ0n) is 13.4. The lowest BCUT2D eigenvalue weighted by molar-refractivity contribution is -0.132. The monoisotopic (exact) mass is 337 g/mol. The van der Waals surface area contributed by atoms with Gasteiger partial charge >= 0.3 is 5.63 Å². The molecule has 0 radical (unpaired) electrons. The second-order valence-corrected chi connectivity index (χ2v) is 5.89. The number of anilines is 1. The van der Waals surface area contributed by atoms with Crippen LogP contribution in [0.25, 0.3) is 11.0 Å². The lowest BCUT2D eigenvalue weighted by atomic mass is 9.87. The van der Waals surface area contributed by atoms with Crippen LogP contribution in [0.15, 0.2) is 57.7 Å². The second-order valence-electron chi connectivity index (χ2n) is 5.89. The zero-order valence-corrected chi connectivity index (χ0v) is 13.4. The molecule has 1 aliphatic heterocycles. The standard InChI is InChI=1S/C19H15NO5/c1-2-20-13-9-5-4-8-12(13)19(24,18(20)23)15-16(21)11-7-3-6-10-14(11)25-17(15)22/h3-10,21,24H,2H2,1H3. The number of para-hydroxylation sites is 2. The van der Waals surface area contributed by atoms with Gasteiger partial charge in [0.2, 0.25) is 5.60 Å². The number of carbonyl (C=O) groups is 1. The maximum Gasteiger partial charge on any atom is 0.347 e. The summed E-state index contributed by atoms with van der Waals surface area (Å²) in [5.74, 6) is -1.13. The lowest BCUT2D eigenvalue weighted by Gasteiger charge is -2.23. The van der Waals surface area contributed by atoms with E-state index < -0.39 is 28.4 Å². The van der Waals surface area contributed by atoms with Crippen molar-refractivity contribution in [3.63, 3.8) is 0 Å². The summed E-state index contributed by atoms with van der Waals surface area (Å²) < 4.78 is 5.24. The predicted octanol–water partition coefficient (Wildman–Crippen LogP) is 2.10. The number of amides is 1. The van der Waals surface area contributed by atoms with Gasteiger partial charge in [-0.05, 0) is 25.1 Å². The lowest BCUT2D eigenvalue weighted by Crippen LogP contribution is -2.43. The summed E-state index contributed by atoms with van der Waals surface area (Å²) in [4.78, 5) is 26.9. The van der Waals surface area contributed by atoms with Crippen LogP contribution in [0.4, 0.5) is 5.69 Å². The number of likely N-dealkylation sites (N-methyl/N-ethyl adjacent to an activating group) is 1. The molecule has 4 rings (SSSR count). The van der Waals surface area contributed by atoms with E-state index in [0.717, 1.165) is 0 Å². The van der Waals surface area contributed by atoms with Crippen molar-refractivity contribution in [2.24, 2.45) is 0 Å². The van der Waals surface area contributed by atoms with Crippen LogP contribution in [0.3, 0.4) is 0 Å². The number of aliphatic hydroxyl groups is 1. The van der Waals surface area contributed by atoms with E-state index in [0.29, 0.717) is 12.2 Å². The van der Waals surface area contributed by atoms with Crippen molar-refractivity contribution in [3.05, 3.63) is 70.1 Å². The first kappa shape index (κ1) is 15.4. The van der Waals surface area contributed by atoms with E-state index in [1.54, 1.807) is 49.4 Å². The highest BCUT2D eigenvalue weighted by Crippen LogP contribution is 2.46. The number of fused-ring (bicyclic) bond motifs is 2. The van der Waals surface area contributed by atoms with Gasteiger partial charge in [0.05, 0.1) is 11.1 Å². The van der Waals surface area contributed by atoms with Crippen LogP contribution < -0.4 is 10.5 Å². The van der Waals surface area contributed by atoms with Crippen molar-refractivity contribution in [1.29, 1.82) is 0 Å². The smallest absolute Gasteiger partial charge is 0.347 e. The van der Waals surface area contributed by atoms with Crippen LogP contribution in [-0.2, 0) is 10.4 Å². The topological polar surface area (TPSA) is 91.0 Å². The third-order valence-corrected chi connectivity index (χ3v) is 4.60. The molecule has 0 saturated heterocycles. The number of hydrogen-bond acceptors (Lipinski definition) is 5. The Morgan fingerprint density at radius 3 is 2.52 bits per heavy atom. The van der Waals surface area contributed by atoms with E-state index in [1.165, 1.54) is 11.0 Å². The Morgan fingerprint density at radius 2 is 1.76 bits per heavy atom. The van der Waals surface area contributed by atoms with E-state index in [9.17, 15) is 19.8 Å². The Morgan fingerprint density at radius 1 is 1.08 bits per heavy atom. The number of aromatic hydroxyl groups is 1. The van der Waals surface area contributed by atoms with Crippen molar-refractivity contribution >= 4 is 22.6 Å². The molecule has 0 fully saturated rings. The molecule has 2 aromatic carbocycles. The van der Waals surface area contributed by atoms with Crippen molar-refractivity contribution in [2.75, 3.05) is 11.4 Å². The van der Waals surface area contributed by atoms with Gasteiger partial charge in [-0.3, -0.25) is 4.79 Å². The number of carbonyl (C=O) groups excluding carboxylic acids is 1. The van der Waals surface area contributed by atoms with Crippen LogP contribution in [0.2, 0.25) is 0 Å². The Bertz CT molecular complexity index is 1070. The van der Waals surface area contributed by atoms with Crippen molar-refractivity contribution in [3.8, 4) is 5.75 Å². The van der Waals surface area contributed by atoms with Gasteiger partial charge in [-0.25, -0.2) is 4.79 Å². The van der Waals surface area contributed by atoms with E-state index in [1.807, 2.05) is 0 Å². The third-order valence-electron chi connectivity index (χ3n) is 4.60. The van der Waals surface area contributed by atoms with Crippen LogP contribution >= 0.6 is 0 Å². The average Bonchev–Trinajstić information content (AvgIpc) is 2.83. The number of hydrogen-bond donors (Lipinski definition) is 2. The molecule has 6 heteroatoms. The summed E-state index contributed by atoms with van der Waals surface area (Å²) in [6.07, 6.45) is 0. The summed E-state index contributed by atoms with van der Waals surface area (Å²) in [6.45, 7) is 2.08. The second kappa shape index (κ2) is 5.19. The Kier molecular flexibility index (Phi) is 3.20. The van der Waals surface area contributed by atoms with Gasteiger partial charge in [-0.2, -0.15) is 0 Å². The summed E-state index contributed by atoms with van der Waals surface area (Å²) in [6, 6.07) is 13.1. The van der Waals surface area contributed by atoms with Crippen LogP contribution in [0, 0.1) is 0 Å². The molecule has 126 valence electrons. The Hall–Kier alpha value is -3.12. The molecule has 0 aliphatic carbocycles. The van der Waals surface area contributed by atoms with Gasteiger partial charge < -0.3 is 19.5 Å². The van der Waals surface area contributed by atoms with Crippen LogP contribution in [0.1, 0.15) is 18.1 Å². The maximum absolute atomic E-state index is 12.9. The van der Waals surface area contributed by atoms with Gasteiger partial charge in [0.1, 0.15) is 16.9 Å². The van der Waals surface area contributed by atoms with Crippen LogP contribution in [-0.4, -0.2) is 22.7 Å². The highest BCUT2D eigenvalue weighted by Gasteiger charge is 2.54. The number of rotatable bonds is 2. The van der Waals surface area contributed by atoms with Crippen LogP contribution in [0.5, 0.6) is 5.75 Å². The Balaban J connectivity index is 2.10. The van der Waals surface area contributed by atoms with E-state index in [4.69, 9.17) is 4.42 Å². The molecule has 2 heterocycles.